The summed E-state index contributed by atoms with van der Waals surface area (Å²) in [6, 6.07) is 0. The van der Waals surface area contributed by atoms with E-state index < -0.39 is 0 Å². The summed E-state index contributed by atoms with van der Waals surface area (Å²) in [7, 11) is 0. The monoisotopic (exact) mass is 180 g/mol. The lowest BCUT2D eigenvalue weighted by Crippen LogP contribution is -2.15. The molecule has 1 aliphatic rings. The highest BCUT2D eigenvalue weighted by molar-refractivity contribution is 5.24. The Labute approximate surface area is 83.4 Å². The van der Waals surface area contributed by atoms with Crippen molar-refractivity contribution in [3.63, 3.8) is 0 Å². The van der Waals surface area contributed by atoms with Gasteiger partial charge in [0.15, 0.2) is 0 Å². The van der Waals surface area contributed by atoms with E-state index in [-0.39, 0.29) is 0 Å². The first kappa shape index (κ1) is 10.8. The SMILES string of the molecule is CCC(C)CC(CC)C1=C(C)CC1. The molecule has 2 atom stereocenters. The summed E-state index contributed by atoms with van der Waals surface area (Å²) in [6.45, 7) is 9.35. The van der Waals surface area contributed by atoms with Crippen LogP contribution in [0.3, 0.4) is 0 Å². The second-order valence-corrected chi connectivity index (χ2v) is 4.66. The van der Waals surface area contributed by atoms with E-state index in [0.717, 1.165) is 11.8 Å². The predicted molar refractivity (Wildman–Crippen MR) is 59.8 cm³/mol. The van der Waals surface area contributed by atoms with Crippen LogP contribution in [-0.4, -0.2) is 0 Å². The third-order valence-corrected chi connectivity index (χ3v) is 3.69. The minimum absolute atomic E-state index is 0.906. The zero-order valence-corrected chi connectivity index (χ0v) is 9.69. The molecule has 0 heteroatoms. The van der Waals surface area contributed by atoms with Crippen molar-refractivity contribution in [2.75, 3.05) is 0 Å². The molecule has 0 fully saturated rings. The molecule has 1 rings (SSSR count). The Bertz CT molecular complexity index is 188. The molecule has 0 heterocycles. The van der Waals surface area contributed by atoms with Gasteiger partial charge in [-0.05, 0) is 44.4 Å². The minimum atomic E-state index is 0.906. The Morgan fingerprint density at radius 1 is 1.15 bits per heavy atom. The molecule has 0 radical (unpaired) electrons. The molecule has 0 saturated carbocycles. The number of allylic oxidation sites excluding steroid dienone is 2. The molecule has 0 spiro atoms. The summed E-state index contributed by atoms with van der Waals surface area (Å²) in [4.78, 5) is 0. The van der Waals surface area contributed by atoms with Crippen molar-refractivity contribution in [1.29, 1.82) is 0 Å². The van der Waals surface area contributed by atoms with Gasteiger partial charge >= 0.3 is 0 Å². The molecule has 0 aromatic rings. The maximum Gasteiger partial charge on any atom is -0.0201 e. The van der Waals surface area contributed by atoms with Gasteiger partial charge in [-0.3, -0.25) is 0 Å². The van der Waals surface area contributed by atoms with E-state index in [1.54, 1.807) is 11.1 Å². The van der Waals surface area contributed by atoms with Crippen LogP contribution in [0.25, 0.3) is 0 Å². The van der Waals surface area contributed by atoms with Gasteiger partial charge in [0.25, 0.3) is 0 Å². The zero-order valence-electron chi connectivity index (χ0n) is 9.69. The van der Waals surface area contributed by atoms with Crippen LogP contribution in [0.15, 0.2) is 11.1 Å². The van der Waals surface area contributed by atoms with Crippen LogP contribution < -0.4 is 0 Å². The van der Waals surface area contributed by atoms with Crippen LogP contribution in [0.2, 0.25) is 0 Å². The average Bonchev–Trinajstić information content (AvgIpc) is 2.13. The molecule has 0 aromatic carbocycles. The third kappa shape index (κ3) is 2.59. The predicted octanol–water partition coefficient (Wildman–Crippen LogP) is 4.56. The molecule has 0 saturated heterocycles. The molecule has 2 unspecified atom stereocenters. The van der Waals surface area contributed by atoms with Gasteiger partial charge in [-0.25, -0.2) is 0 Å². The van der Waals surface area contributed by atoms with Crippen molar-refractivity contribution in [1.82, 2.24) is 0 Å². The molecular formula is C13H24. The first-order valence-corrected chi connectivity index (χ1v) is 5.87. The highest BCUT2D eigenvalue weighted by atomic mass is 14.3. The standard InChI is InChI=1S/C13H24/c1-5-10(3)9-12(6-2)13-8-7-11(13)4/h10,12H,5-9H2,1-4H3. The van der Waals surface area contributed by atoms with Crippen molar-refractivity contribution in [3.05, 3.63) is 11.1 Å². The molecule has 0 nitrogen and oxygen atoms in total. The van der Waals surface area contributed by atoms with Gasteiger partial charge in [-0.1, -0.05) is 38.3 Å². The normalized spacial score (nSPS) is 21.2. The molecule has 76 valence electrons. The van der Waals surface area contributed by atoms with Crippen LogP contribution in [0.4, 0.5) is 0 Å². The Hall–Kier alpha value is -0.260. The van der Waals surface area contributed by atoms with E-state index in [9.17, 15) is 0 Å². The first-order chi connectivity index (χ1) is 6.19. The molecule has 13 heavy (non-hydrogen) atoms. The summed E-state index contributed by atoms with van der Waals surface area (Å²) in [6.07, 6.45) is 6.85. The summed E-state index contributed by atoms with van der Waals surface area (Å²) in [5.41, 5.74) is 3.48. The van der Waals surface area contributed by atoms with Crippen molar-refractivity contribution in [3.8, 4) is 0 Å². The van der Waals surface area contributed by atoms with Crippen molar-refractivity contribution >= 4 is 0 Å². The molecule has 0 N–H and O–H groups in total. The van der Waals surface area contributed by atoms with Gasteiger partial charge in [0.2, 0.25) is 0 Å². The van der Waals surface area contributed by atoms with E-state index in [1.807, 2.05) is 0 Å². The fraction of sp³-hybridized carbons (Fsp3) is 0.846. The Morgan fingerprint density at radius 3 is 2.15 bits per heavy atom. The zero-order chi connectivity index (χ0) is 9.84. The third-order valence-electron chi connectivity index (χ3n) is 3.69. The number of hydrogen-bond donors (Lipinski definition) is 0. The second kappa shape index (κ2) is 4.83. The van der Waals surface area contributed by atoms with Crippen LogP contribution in [0.5, 0.6) is 0 Å². The Morgan fingerprint density at radius 2 is 1.85 bits per heavy atom. The largest absolute Gasteiger partial charge is 0.0735 e. The van der Waals surface area contributed by atoms with Crippen LogP contribution in [0.1, 0.15) is 59.8 Å². The van der Waals surface area contributed by atoms with E-state index in [0.29, 0.717) is 0 Å². The first-order valence-electron chi connectivity index (χ1n) is 5.87. The molecule has 0 aliphatic heterocycles. The van der Waals surface area contributed by atoms with E-state index in [2.05, 4.69) is 27.7 Å². The number of rotatable bonds is 5. The minimum Gasteiger partial charge on any atom is -0.0735 e. The van der Waals surface area contributed by atoms with Gasteiger partial charge in [0.05, 0.1) is 0 Å². The molecule has 0 amide bonds. The van der Waals surface area contributed by atoms with Gasteiger partial charge in [-0.15, -0.1) is 0 Å². The maximum absolute atomic E-state index is 2.39. The lowest BCUT2D eigenvalue weighted by molar-refractivity contribution is 0.393. The quantitative estimate of drug-likeness (QED) is 0.544. The van der Waals surface area contributed by atoms with Gasteiger partial charge in [0.1, 0.15) is 0 Å². The van der Waals surface area contributed by atoms with Gasteiger partial charge in [-0.2, -0.15) is 0 Å². The van der Waals surface area contributed by atoms with Crippen LogP contribution >= 0.6 is 0 Å². The van der Waals surface area contributed by atoms with Gasteiger partial charge < -0.3 is 0 Å². The highest BCUT2D eigenvalue weighted by Gasteiger charge is 2.22. The van der Waals surface area contributed by atoms with Crippen LogP contribution in [0, 0.1) is 11.8 Å². The Kier molecular flexibility index (Phi) is 4.02. The summed E-state index contributed by atoms with van der Waals surface area (Å²) >= 11 is 0. The van der Waals surface area contributed by atoms with Crippen molar-refractivity contribution in [2.24, 2.45) is 11.8 Å². The maximum atomic E-state index is 2.39. The lowest BCUT2D eigenvalue weighted by atomic mass is 9.76. The summed E-state index contributed by atoms with van der Waals surface area (Å²) < 4.78 is 0. The lowest BCUT2D eigenvalue weighted by Gasteiger charge is -2.30. The van der Waals surface area contributed by atoms with E-state index in [1.165, 1.54) is 32.1 Å². The Balaban J connectivity index is 2.48. The van der Waals surface area contributed by atoms with Gasteiger partial charge in [0, 0.05) is 0 Å². The van der Waals surface area contributed by atoms with Crippen LogP contribution in [-0.2, 0) is 0 Å². The fourth-order valence-corrected chi connectivity index (χ4v) is 2.28. The molecular weight excluding hydrogens is 156 g/mol. The van der Waals surface area contributed by atoms with Crippen molar-refractivity contribution in [2.45, 2.75) is 59.8 Å². The van der Waals surface area contributed by atoms with E-state index in [4.69, 9.17) is 0 Å². The topological polar surface area (TPSA) is 0 Å². The summed E-state index contributed by atoms with van der Waals surface area (Å²) in [5.74, 6) is 1.81. The fourth-order valence-electron chi connectivity index (χ4n) is 2.28. The van der Waals surface area contributed by atoms with E-state index >= 15 is 0 Å². The number of hydrogen-bond acceptors (Lipinski definition) is 0. The molecule has 0 bridgehead atoms. The van der Waals surface area contributed by atoms with Crippen molar-refractivity contribution < 1.29 is 0 Å². The second-order valence-electron chi connectivity index (χ2n) is 4.66. The highest BCUT2D eigenvalue weighted by Crippen LogP contribution is 2.38. The smallest absolute Gasteiger partial charge is 0.0201 e. The molecule has 0 aromatic heterocycles. The summed E-state index contributed by atoms with van der Waals surface area (Å²) in [5, 5.41) is 0. The average molecular weight is 180 g/mol. The molecule has 1 aliphatic carbocycles.